The molecule has 0 unspecified atom stereocenters. The van der Waals surface area contributed by atoms with Crippen molar-refractivity contribution in [3.8, 4) is 5.69 Å². The van der Waals surface area contributed by atoms with Crippen molar-refractivity contribution in [2.75, 3.05) is 0 Å². The van der Waals surface area contributed by atoms with E-state index in [1.54, 1.807) is 0 Å². The monoisotopic (exact) mass is 277 g/mol. The summed E-state index contributed by atoms with van der Waals surface area (Å²) in [5.74, 6) is 0.0281. The number of hydrogen-bond acceptors (Lipinski definition) is 4. The van der Waals surface area contributed by atoms with Crippen LogP contribution in [0.2, 0.25) is 0 Å². The summed E-state index contributed by atoms with van der Waals surface area (Å²) >= 11 is 0. The summed E-state index contributed by atoms with van der Waals surface area (Å²) in [4.78, 5) is 16.5. The molecule has 1 aliphatic heterocycles. The highest BCUT2D eigenvalue weighted by molar-refractivity contribution is 6.15. The smallest absolute Gasteiger partial charge is 0.295 e. The van der Waals surface area contributed by atoms with Gasteiger partial charge in [0.05, 0.1) is 11.4 Å². The van der Waals surface area contributed by atoms with Crippen LogP contribution in [0.15, 0.2) is 68.9 Å². The molecule has 0 aliphatic carbocycles. The molecule has 0 spiro atoms. The number of hydrogen-bond donors (Lipinski definition) is 0. The summed E-state index contributed by atoms with van der Waals surface area (Å²) in [6.07, 6.45) is 0. The molecular formula is C16H11N3O2. The highest BCUT2D eigenvalue weighted by Gasteiger charge is 2.21. The molecule has 5 nitrogen and oxygen atoms in total. The maximum atomic E-state index is 11.9. The molecule has 0 atom stereocenters. The van der Waals surface area contributed by atoms with Crippen LogP contribution in [0, 0.1) is 0 Å². The Morgan fingerprint density at radius 3 is 2.62 bits per heavy atom. The first-order valence-electron chi connectivity index (χ1n) is 6.62. The number of rotatable bonds is 1. The van der Waals surface area contributed by atoms with Crippen LogP contribution < -0.4 is 5.76 Å². The van der Waals surface area contributed by atoms with Crippen molar-refractivity contribution in [3.05, 3.63) is 82.1 Å². The summed E-state index contributed by atoms with van der Waals surface area (Å²) < 4.78 is 6.24. The molecule has 0 bridgehead atoms. The van der Waals surface area contributed by atoms with E-state index in [1.165, 1.54) is 4.57 Å². The lowest BCUT2D eigenvalue weighted by molar-refractivity contribution is 0.378. The molecule has 0 saturated carbocycles. The minimum absolute atomic E-state index is 0.310. The van der Waals surface area contributed by atoms with Crippen LogP contribution in [0.25, 0.3) is 5.69 Å². The van der Waals surface area contributed by atoms with E-state index in [-0.39, 0.29) is 0 Å². The molecule has 3 aromatic rings. The molecular weight excluding hydrogens is 266 g/mol. The van der Waals surface area contributed by atoms with Crippen molar-refractivity contribution in [3.63, 3.8) is 0 Å². The SMILES string of the molecule is O=c1onc2n1-c1ccccc1C(c1ccccc1)=NC2. The Hall–Kier alpha value is -2.95. The van der Waals surface area contributed by atoms with Crippen LogP contribution in [0.4, 0.5) is 0 Å². The zero-order valence-corrected chi connectivity index (χ0v) is 11.1. The third-order valence-electron chi connectivity index (χ3n) is 3.50. The minimum atomic E-state index is -0.484. The van der Waals surface area contributed by atoms with Gasteiger partial charge in [-0.1, -0.05) is 53.7 Å². The van der Waals surface area contributed by atoms with Crippen LogP contribution >= 0.6 is 0 Å². The molecule has 4 rings (SSSR count). The van der Waals surface area contributed by atoms with Crippen molar-refractivity contribution in [1.29, 1.82) is 0 Å². The molecule has 0 fully saturated rings. The number of nitrogens with zero attached hydrogens (tertiary/aromatic N) is 3. The van der Waals surface area contributed by atoms with Gasteiger partial charge in [-0.25, -0.2) is 9.36 Å². The zero-order chi connectivity index (χ0) is 14.2. The van der Waals surface area contributed by atoms with Gasteiger partial charge in [-0.05, 0) is 6.07 Å². The summed E-state index contributed by atoms with van der Waals surface area (Å²) in [5.41, 5.74) is 3.52. The maximum Gasteiger partial charge on any atom is 0.446 e. The first-order chi connectivity index (χ1) is 10.3. The molecule has 21 heavy (non-hydrogen) atoms. The van der Waals surface area contributed by atoms with E-state index in [4.69, 9.17) is 4.52 Å². The van der Waals surface area contributed by atoms with Crippen molar-refractivity contribution >= 4 is 5.71 Å². The van der Waals surface area contributed by atoms with Gasteiger partial charge in [0.1, 0.15) is 6.54 Å². The number of benzene rings is 2. The van der Waals surface area contributed by atoms with Crippen LogP contribution in [-0.2, 0) is 6.54 Å². The molecule has 0 saturated heterocycles. The van der Waals surface area contributed by atoms with E-state index >= 15 is 0 Å². The van der Waals surface area contributed by atoms with Crippen LogP contribution in [0.5, 0.6) is 0 Å². The van der Waals surface area contributed by atoms with Gasteiger partial charge in [-0.2, -0.15) is 0 Å². The largest absolute Gasteiger partial charge is 0.446 e. The van der Waals surface area contributed by atoms with Crippen LogP contribution in [-0.4, -0.2) is 15.4 Å². The third kappa shape index (κ3) is 1.82. The Balaban J connectivity index is 2.02. The van der Waals surface area contributed by atoms with E-state index in [0.29, 0.717) is 12.4 Å². The number of fused-ring (bicyclic) bond motifs is 3. The Morgan fingerprint density at radius 1 is 1.00 bits per heavy atom. The standard InChI is InChI=1S/C16H11N3O2/c20-16-19-13-9-5-4-8-12(13)15(11-6-2-1-3-7-11)17-10-14(19)18-21-16/h1-9H,10H2. The van der Waals surface area contributed by atoms with Crippen molar-refractivity contribution in [1.82, 2.24) is 9.72 Å². The molecule has 2 heterocycles. The second-order valence-corrected chi connectivity index (χ2v) is 4.75. The molecule has 1 aromatic heterocycles. The molecule has 0 N–H and O–H groups in total. The molecule has 0 radical (unpaired) electrons. The predicted molar refractivity (Wildman–Crippen MR) is 77.9 cm³/mol. The van der Waals surface area contributed by atoms with Gasteiger partial charge < -0.3 is 0 Å². The van der Waals surface area contributed by atoms with Crippen molar-refractivity contribution < 1.29 is 4.52 Å². The van der Waals surface area contributed by atoms with Gasteiger partial charge in [0, 0.05) is 11.1 Å². The Morgan fingerprint density at radius 2 is 1.76 bits per heavy atom. The van der Waals surface area contributed by atoms with Gasteiger partial charge in [-0.15, -0.1) is 0 Å². The quantitative estimate of drug-likeness (QED) is 0.685. The van der Waals surface area contributed by atoms with E-state index in [1.807, 2.05) is 54.6 Å². The number of aliphatic imine (C=N–C) groups is 1. The predicted octanol–water partition coefficient (Wildman–Crippen LogP) is 2.18. The Kier molecular flexibility index (Phi) is 2.57. The molecule has 5 heteroatoms. The first-order valence-corrected chi connectivity index (χ1v) is 6.62. The third-order valence-corrected chi connectivity index (χ3v) is 3.50. The molecule has 2 aromatic carbocycles. The average molecular weight is 277 g/mol. The fourth-order valence-electron chi connectivity index (χ4n) is 2.56. The van der Waals surface area contributed by atoms with E-state index in [9.17, 15) is 4.79 Å². The van der Waals surface area contributed by atoms with Crippen LogP contribution in [0.1, 0.15) is 17.0 Å². The van der Waals surface area contributed by atoms with Crippen LogP contribution in [0.3, 0.4) is 0 Å². The first kappa shape index (κ1) is 11.8. The van der Waals surface area contributed by atoms with Gasteiger partial charge >= 0.3 is 5.76 Å². The van der Waals surface area contributed by atoms with Crippen molar-refractivity contribution in [2.45, 2.75) is 6.54 Å². The van der Waals surface area contributed by atoms with E-state index in [2.05, 4.69) is 10.1 Å². The van der Waals surface area contributed by atoms with E-state index < -0.39 is 5.76 Å². The lowest BCUT2D eigenvalue weighted by atomic mass is 10.0. The lowest BCUT2D eigenvalue weighted by Crippen LogP contribution is -2.16. The van der Waals surface area contributed by atoms with Gasteiger partial charge in [0.2, 0.25) is 0 Å². The second-order valence-electron chi connectivity index (χ2n) is 4.75. The topological polar surface area (TPSA) is 60.4 Å². The van der Waals surface area contributed by atoms with Crippen molar-refractivity contribution in [2.24, 2.45) is 4.99 Å². The fourth-order valence-corrected chi connectivity index (χ4v) is 2.56. The summed E-state index contributed by atoms with van der Waals surface area (Å²) in [6.45, 7) is 0.310. The normalized spacial score (nSPS) is 13.0. The fraction of sp³-hybridized carbons (Fsp3) is 0.0625. The van der Waals surface area contributed by atoms with Gasteiger partial charge in [0.15, 0.2) is 5.82 Å². The zero-order valence-electron chi connectivity index (χ0n) is 11.1. The highest BCUT2D eigenvalue weighted by atomic mass is 16.5. The Bertz CT molecular complexity index is 891. The second kappa shape index (κ2) is 4.56. The maximum absolute atomic E-state index is 11.9. The molecule has 1 aliphatic rings. The summed E-state index contributed by atoms with van der Waals surface area (Å²) in [7, 11) is 0. The minimum Gasteiger partial charge on any atom is -0.295 e. The summed E-state index contributed by atoms with van der Waals surface area (Å²) in [6, 6.07) is 17.6. The lowest BCUT2D eigenvalue weighted by Gasteiger charge is -2.09. The highest BCUT2D eigenvalue weighted by Crippen LogP contribution is 2.22. The molecule has 102 valence electrons. The van der Waals surface area contributed by atoms with Gasteiger partial charge in [0.25, 0.3) is 0 Å². The molecule has 0 amide bonds. The van der Waals surface area contributed by atoms with Gasteiger partial charge in [-0.3, -0.25) is 9.52 Å². The number of para-hydroxylation sites is 1. The van der Waals surface area contributed by atoms with E-state index in [0.717, 1.165) is 22.5 Å². The summed E-state index contributed by atoms with van der Waals surface area (Å²) in [5, 5.41) is 3.81. The average Bonchev–Trinajstić information content (AvgIpc) is 2.81. The number of aromatic nitrogens is 2. The Labute approximate surface area is 120 Å².